The normalized spacial score (nSPS) is 11.4. The molecule has 0 amide bonds. The van der Waals surface area contributed by atoms with Crippen molar-refractivity contribution in [1.29, 1.82) is 0 Å². The molecule has 0 saturated heterocycles. The SMILES string of the molecule is CCOC(=O)/C=C(\CC)c1cc(Cl)cc(F)c1N. The molecular weight excluding hydrogens is 257 g/mol. The fraction of sp³-hybridized carbons (Fsp3) is 0.308. The molecule has 0 aliphatic heterocycles. The van der Waals surface area contributed by atoms with Crippen LogP contribution in [-0.2, 0) is 9.53 Å². The molecule has 0 radical (unpaired) electrons. The molecular formula is C13H15ClFNO2. The van der Waals surface area contributed by atoms with Crippen LogP contribution >= 0.6 is 11.6 Å². The average molecular weight is 272 g/mol. The van der Waals surface area contributed by atoms with Gasteiger partial charge in [0.15, 0.2) is 0 Å². The van der Waals surface area contributed by atoms with Crippen LogP contribution in [-0.4, -0.2) is 12.6 Å². The van der Waals surface area contributed by atoms with Gasteiger partial charge in [0.05, 0.1) is 12.3 Å². The van der Waals surface area contributed by atoms with Crippen molar-refractivity contribution in [2.45, 2.75) is 20.3 Å². The molecule has 0 bridgehead atoms. The molecule has 0 unspecified atom stereocenters. The fourth-order valence-electron chi connectivity index (χ4n) is 1.55. The molecule has 0 aliphatic rings. The number of hydrogen-bond acceptors (Lipinski definition) is 3. The first-order valence-electron chi connectivity index (χ1n) is 5.61. The Hall–Kier alpha value is -1.55. The minimum absolute atomic E-state index is 0.0169. The third-order valence-corrected chi connectivity index (χ3v) is 2.62. The third kappa shape index (κ3) is 3.47. The summed E-state index contributed by atoms with van der Waals surface area (Å²) >= 11 is 5.78. The molecule has 0 fully saturated rings. The molecule has 98 valence electrons. The van der Waals surface area contributed by atoms with Crippen molar-refractivity contribution in [3.63, 3.8) is 0 Å². The van der Waals surface area contributed by atoms with Crippen molar-refractivity contribution in [2.75, 3.05) is 12.3 Å². The molecule has 5 heteroatoms. The van der Waals surface area contributed by atoms with E-state index >= 15 is 0 Å². The second kappa shape index (κ2) is 6.40. The van der Waals surface area contributed by atoms with Crippen molar-refractivity contribution >= 4 is 28.8 Å². The van der Waals surface area contributed by atoms with E-state index < -0.39 is 11.8 Å². The topological polar surface area (TPSA) is 52.3 Å². The third-order valence-electron chi connectivity index (χ3n) is 2.40. The Bertz CT molecular complexity index is 486. The lowest BCUT2D eigenvalue weighted by molar-refractivity contribution is -0.137. The molecule has 2 N–H and O–H groups in total. The van der Waals surface area contributed by atoms with E-state index in [0.717, 1.165) is 6.07 Å². The van der Waals surface area contributed by atoms with Gasteiger partial charge in [-0.15, -0.1) is 0 Å². The number of allylic oxidation sites excluding steroid dienone is 1. The minimum atomic E-state index is -0.597. The maximum atomic E-state index is 13.5. The fourth-order valence-corrected chi connectivity index (χ4v) is 1.75. The van der Waals surface area contributed by atoms with Crippen LogP contribution in [0.2, 0.25) is 5.02 Å². The molecule has 0 saturated carbocycles. The largest absolute Gasteiger partial charge is 0.463 e. The summed E-state index contributed by atoms with van der Waals surface area (Å²) < 4.78 is 18.3. The maximum Gasteiger partial charge on any atom is 0.331 e. The molecule has 0 spiro atoms. The number of benzene rings is 1. The Kier molecular flexibility index (Phi) is 5.16. The van der Waals surface area contributed by atoms with Crippen LogP contribution in [0.5, 0.6) is 0 Å². The van der Waals surface area contributed by atoms with E-state index in [1.165, 1.54) is 12.1 Å². The maximum absolute atomic E-state index is 13.5. The summed E-state index contributed by atoms with van der Waals surface area (Å²) in [5.41, 5.74) is 6.65. The summed E-state index contributed by atoms with van der Waals surface area (Å²) in [6, 6.07) is 2.67. The molecule has 0 heterocycles. The lowest BCUT2D eigenvalue weighted by Crippen LogP contribution is -2.03. The number of carbonyl (C=O) groups excluding carboxylic acids is 1. The monoisotopic (exact) mass is 271 g/mol. The lowest BCUT2D eigenvalue weighted by Gasteiger charge is -2.10. The lowest BCUT2D eigenvalue weighted by atomic mass is 10.0. The molecule has 1 rings (SSSR count). The van der Waals surface area contributed by atoms with Crippen molar-refractivity contribution in [3.8, 4) is 0 Å². The van der Waals surface area contributed by atoms with E-state index in [1.807, 2.05) is 6.92 Å². The number of anilines is 1. The number of carbonyl (C=O) groups is 1. The molecule has 0 aliphatic carbocycles. The zero-order valence-electron chi connectivity index (χ0n) is 10.3. The highest BCUT2D eigenvalue weighted by Crippen LogP contribution is 2.29. The first-order chi connectivity index (χ1) is 8.49. The highest BCUT2D eigenvalue weighted by atomic mass is 35.5. The van der Waals surface area contributed by atoms with Crippen LogP contribution in [0.1, 0.15) is 25.8 Å². The number of ether oxygens (including phenoxy) is 1. The first kappa shape index (κ1) is 14.5. The van der Waals surface area contributed by atoms with Crippen LogP contribution in [0.15, 0.2) is 18.2 Å². The summed E-state index contributed by atoms with van der Waals surface area (Å²) in [5.74, 6) is -1.07. The standard InChI is InChI=1S/C13H15ClFNO2/c1-3-8(5-12(17)18-4-2)10-6-9(14)7-11(15)13(10)16/h5-7H,3-4,16H2,1-2H3/b8-5+. The predicted octanol–water partition coefficient (Wildman–Crippen LogP) is 3.42. The average Bonchev–Trinajstić information content (AvgIpc) is 2.31. The van der Waals surface area contributed by atoms with E-state index in [1.54, 1.807) is 6.92 Å². The number of rotatable bonds is 4. The quantitative estimate of drug-likeness (QED) is 0.519. The Morgan fingerprint density at radius 3 is 2.72 bits per heavy atom. The van der Waals surface area contributed by atoms with Crippen molar-refractivity contribution < 1.29 is 13.9 Å². The van der Waals surface area contributed by atoms with Crippen LogP contribution in [0, 0.1) is 5.82 Å². The van der Waals surface area contributed by atoms with Gasteiger partial charge in [-0.2, -0.15) is 0 Å². The van der Waals surface area contributed by atoms with Gasteiger partial charge < -0.3 is 10.5 Å². The van der Waals surface area contributed by atoms with Crippen molar-refractivity contribution in [2.24, 2.45) is 0 Å². The van der Waals surface area contributed by atoms with Crippen LogP contribution in [0.25, 0.3) is 5.57 Å². The number of nitrogens with two attached hydrogens (primary N) is 1. The van der Waals surface area contributed by atoms with E-state index in [2.05, 4.69) is 0 Å². The molecule has 1 aromatic carbocycles. The summed E-state index contributed by atoms with van der Waals surface area (Å²) in [4.78, 5) is 11.4. The Morgan fingerprint density at radius 1 is 1.50 bits per heavy atom. The van der Waals surface area contributed by atoms with Gasteiger partial charge in [0.25, 0.3) is 0 Å². The number of halogens is 2. The second-order valence-electron chi connectivity index (χ2n) is 3.62. The van der Waals surface area contributed by atoms with Gasteiger partial charge in [-0.1, -0.05) is 18.5 Å². The highest BCUT2D eigenvalue weighted by Gasteiger charge is 2.12. The van der Waals surface area contributed by atoms with Gasteiger partial charge in [0.2, 0.25) is 0 Å². The van der Waals surface area contributed by atoms with Crippen molar-refractivity contribution in [3.05, 3.63) is 34.6 Å². The van der Waals surface area contributed by atoms with Gasteiger partial charge in [-0.05, 0) is 31.1 Å². The molecule has 18 heavy (non-hydrogen) atoms. The van der Waals surface area contributed by atoms with Crippen molar-refractivity contribution in [1.82, 2.24) is 0 Å². The Labute approximate surface area is 110 Å². The van der Waals surface area contributed by atoms with Crippen LogP contribution < -0.4 is 5.73 Å². The molecule has 3 nitrogen and oxygen atoms in total. The Morgan fingerprint density at radius 2 is 2.17 bits per heavy atom. The summed E-state index contributed by atoms with van der Waals surface area (Å²) in [7, 11) is 0. The van der Waals surface area contributed by atoms with Gasteiger partial charge in [0.1, 0.15) is 5.82 Å². The summed E-state index contributed by atoms with van der Waals surface area (Å²) in [6.07, 6.45) is 1.83. The van der Waals surface area contributed by atoms with Gasteiger partial charge in [-0.3, -0.25) is 0 Å². The molecule has 0 aromatic heterocycles. The zero-order valence-corrected chi connectivity index (χ0v) is 11.1. The van der Waals surface area contributed by atoms with Crippen LogP contribution in [0.4, 0.5) is 10.1 Å². The summed E-state index contributed by atoms with van der Waals surface area (Å²) in [5, 5.41) is 0.236. The van der Waals surface area contributed by atoms with E-state index in [4.69, 9.17) is 22.1 Å². The predicted molar refractivity (Wildman–Crippen MR) is 70.7 cm³/mol. The van der Waals surface area contributed by atoms with Gasteiger partial charge in [-0.25, -0.2) is 9.18 Å². The van der Waals surface area contributed by atoms with Gasteiger partial charge >= 0.3 is 5.97 Å². The molecule has 0 atom stereocenters. The molecule has 1 aromatic rings. The van der Waals surface area contributed by atoms with E-state index in [0.29, 0.717) is 17.6 Å². The number of esters is 1. The second-order valence-corrected chi connectivity index (χ2v) is 4.06. The number of hydrogen-bond donors (Lipinski definition) is 1. The van der Waals surface area contributed by atoms with E-state index in [9.17, 15) is 9.18 Å². The number of nitrogen functional groups attached to an aromatic ring is 1. The van der Waals surface area contributed by atoms with Crippen LogP contribution in [0.3, 0.4) is 0 Å². The van der Waals surface area contributed by atoms with Gasteiger partial charge in [0, 0.05) is 16.7 Å². The summed E-state index contributed by atoms with van der Waals surface area (Å²) in [6.45, 7) is 3.83. The zero-order chi connectivity index (χ0) is 13.7. The van der Waals surface area contributed by atoms with E-state index in [-0.39, 0.29) is 17.3 Å². The minimum Gasteiger partial charge on any atom is -0.463 e. The smallest absolute Gasteiger partial charge is 0.331 e. The highest BCUT2D eigenvalue weighted by molar-refractivity contribution is 6.30. The Balaban J connectivity index is 3.21. The first-order valence-corrected chi connectivity index (χ1v) is 5.99.